The maximum Gasteiger partial charge on any atom is 0.250 e. The fourth-order valence-electron chi connectivity index (χ4n) is 4.92. The lowest BCUT2D eigenvalue weighted by Crippen LogP contribution is -2.59. The van der Waals surface area contributed by atoms with Gasteiger partial charge in [-0.3, -0.25) is 24.2 Å². The lowest BCUT2D eigenvalue weighted by atomic mass is 9.95. The molecule has 13 heteroatoms. The number of guanidine groups is 1. The van der Waals surface area contributed by atoms with Gasteiger partial charge < -0.3 is 43.6 Å². The van der Waals surface area contributed by atoms with Crippen molar-refractivity contribution >= 4 is 35.3 Å². The van der Waals surface area contributed by atoms with E-state index in [1.165, 1.54) is 4.90 Å². The molecule has 3 atom stereocenters. The number of carbonyl (C=O) groups excluding carboxylic acids is 4. The first-order valence-electron chi connectivity index (χ1n) is 13.3. The van der Waals surface area contributed by atoms with E-state index >= 15 is 0 Å². The minimum absolute atomic E-state index is 0.0993. The highest BCUT2D eigenvalue weighted by Gasteiger charge is 2.36. The Morgan fingerprint density at radius 1 is 1.10 bits per heavy atom. The number of benzene rings is 2. The van der Waals surface area contributed by atoms with Crippen molar-refractivity contribution in [1.29, 1.82) is 0 Å². The molecular formula is C28H38N8O5. The van der Waals surface area contributed by atoms with Crippen LogP contribution in [-0.4, -0.2) is 65.9 Å². The lowest BCUT2D eigenvalue weighted by molar-refractivity contribution is -0.132. The van der Waals surface area contributed by atoms with Crippen LogP contribution in [0.4, 0.5) is 5.69 Å². The van der Waals surface area contributed by atoms with E-state index in [-0.39, 0.29) is 44.1 Å². The number of amides is 4. The standard InChI is InChI=1S/C28H38N8O5/c1-15-10-18(37)11-16(2)19(15)13-20(29)25(39)34-21(7-5-9-33-28(31)32)26(40)35-22-12-17-6-3-4-8-23(17)36(27(22)41)14-24(30)38/h3-4,6,8,10-11,20-22,37H,5,7,9,12-14,29H2,1-2H3,(H2,30,38)(H,34,39)(H,35,40)(H4,31,32,33)/t20-,21+,22-/m0/s1. The number of aryl methyl sites for hydroxylation is 2. The first-order chi connectivity index (χ1) is 19.4. The van der Waals surface area contributed by atoms with Gasteiger partial charge in [-0.2, -0.15) is 0 Å². The molecule has 1 aliphatic rings. The van der Waals surface area contributed by atoms with Crippen molar-refractivity contribution in [3.05, 3.63) is 58.7 Å². The van der Waals surface area contributed by atoms with Gasteiger partial charge in [0.15, 0.2) is 5.96 Å². The second kappa shape index (κ2) is 13.6. The molecule has 0 aromatic heterocycles. The van der Waals surface area contributed by atoms with E-state index in [0.29, 0.717) is 12.1 Å². The van der Waals surface area contributed by atoms with Crippen molar-refractivity contribution in [2.75, 3.05) is 18.0 Å². The number of para-hydroxylation sites is 1. The smallest absolute Gasteiger partial charge is 0.250 e. The maximum atomic E-state index is 13.4. The molecule has 2 aromatic carbocycles. The van der Waals surface area contributed by atoms with Crippen LogP contribution in [-0.2, 0) is 32.0 Å². The van der Waals surface area contributed by atoms with Gasteiger partial charge in [0, 0.05) is 18.7 Å². The van der Waals surface area contributed by atoms with E-state index in [4.69, 9.17) is 22.9 Å². The predicted molar refractivity (Wildman–Crippen MR) is 155 cm³/mol. The number of rotatable bonds is 12. The number of phenolic OH excluding ortho intramolecular Hbond substituents is 1. The Labute approximate surface area is 238 Å². The number of nitrogens with two attached hydrogens (primary N) is 4. The van der Waals surface area contributed by atoms with Crippen molar-refractivity contribution in [3.63, 3.8) is 0 Å². The lowest BCUT2D eigenvalue weighted by Gasteiger charge is -2.34. The van der Waals surface area contributed by atoms with Crippen molar-refractivity contribution in [1.82, 2.24) is 10.6 Å². The molecule has 0 bridgehead atoms. The largest absolute Gasteiger partial charge is 0.508 e. The quantitative estimate of drug-likeness (QED) is 0.0951. The van der Waals surface area contributed by atoms with E-state index in [2.05, 4.69) is 15.6 Å². The number of nitrogens with one attached hydrogen (secondary N) is 2. The minimum atomic E-state index is -1.04. The summed E-state index contributed by atoms with van der Waals surface area (Å²) in [5, 5.41) is 15.3. The van der Waals surface area contributed by atoms with Crippen LogP contribution in [0.25, 0.3) is 0 Å². The zero-order chi connectivity index (χ0) is 30.3. The number of phenols is 1. The van der Waals surface area contributed by atoms with Crippen LogP contribution in [0.2, 0.25) is 0 Å². The Bertz CT molecular complexity index is 1320. The van der Waals surface area contributed by atoms with E-state index in [0.717, 1.165) is 22.3 Å². The fraction of sp³-hybridized carbons (Fsp3) is 0.393. The Morgan fingerprint density at radius 2 is 1.76 bits per heavy atom. The molecule has 1 aliphatic heterocycles. The summed E-state index contributed by atoms with van der Waals surface area (Å²) in [6.45, 7) is 3.51. The molecular weight excluding hydrogens is 528 g/mol. The zero-order valence-electron chi connectivity index (χ0n) is 23.2. The number of carbonyl (C=O) groups is 4. The third kappa shape index (κ3) is 8.18. The van der Waals surface area contributed by atoms with Crippen LogP contribution in [0.15, 0.2) is 41.4 Å². The number of aromatic hydroxyl groups is 1. The van der Waals surface area contributed by atoms with Crippen LogP contribution in [0.5, 0.6) is 5.75 Å². The first-order valence-corrected chi connectivity index (χ1v) is 13.3. The topological polar surface area (TPSA) is 232 Å². The summed E-state index contributed by atoms with van der Waals surface area (Å²) in [4.78, 5) is 56.7. The normalized spacial score (nSPS) is 15.8. The molecule has 0 unspecified atom stereocenters. The monoisotopic (exact) mass is 566 g/mol. The summed E-state index contributed by atoms with van der Waals surface area (Å²) in [5.41, 5.74) is 26.1. The third-order valence-electron chi connectivity index (χ3n) is 6.92. The first kappa shape index (κ1) is 30.9. The molecule has 41 heavy (non-hydrogen) atoms. The molecule has 0 saturated carbocycles. The highest BCUT2D eigenvalue weighted by atomic mass is 16.3. The summed E-state index contributed by atoms with van der Waals surface area (Å²) in [5.74, 6) is -2.32. The van der Waals surface area contributed by atoms with Crippen molar-refractivity contribution in [2.45, 2.75) is 57.7 Å². The van der Waals surface area contributed by atoms with Crippen LogP contribution in [0.1, 0.15) is 35.1 Å². The maximum absolute atomic E-state index is 13.4. The molecule has 13 nitrogen and oxygen atoms in total. The van der Waals surface area contributed by atoms with E-state index < -0.39 is 41.8 Å². The van der Waals surface area contributed by atoms with Gasteiger partial charge in [0.25, 0.3) is 0 Å². The van der Waals surface area contributed by atoms with Crippen LogP contribution in [0.3, 0.4) is 0 Å². The Kier molecular flexibility index (Phi) is 10.3. The average molecular weight is 567 g/mol. The molecule has 2 aromatic rings. The molecule has 0 aliphatic carbocycles. The predicted octanol–water partition coefficient (Wildman–Crippen LogP) is -1.02. The van der Waals surface area contributed by atoms with Gasteiger partial charge in [-0.15, -0.1) is 0 Å². The van der Waals surface area contributed by atoms with Crippen LogP contribution < -0.4 is 38.5 Å². The molecule has 1 heterocycles. The van der Waals surface area contributed by atoms with Gasteiger partial charge in [-0.1, -0.05) is 18.2 Å². The zero-order valence-corrected chi connectivity index (χ0v) is 23.2. The Morgan fingerprint density at radius 3 is 2.39 bits per heavy atom. The molecule has 11 N–H and O–H groups in total. The van der Waals surface area contributed by atoms with Gasteiger partial charge in [0.05, 0.1) is 6.04 Å². The number of hydrogen-bond donors (Lipinski definition) is 7. The van der Waals surface area contributed by atoms with Crippen LogP contribution >= 0.6 is 0 Å². The second-order valence-electron chi connectivity index (χ2n) is 10.2. The number of fused-ring (bicyclic) bond motifs is 1. The number of hydrogen-bond acceptors (Lipinski definition) is 7. The van der Waals surface area contributed by atoms with E-state index in [9.17, 15) is 24.3 Å². The van der Waals surface area contributed by atoms with Crippen molar-refractivity contribution < 1.29 is 24.3 Å². The molecule has 3 rings (SSSR count). The van der Waals surface area contributed by atoms with E-state index in [1.54, 1.807) is 36.4 Å². The molecule has 0 radical (unpaired) electrons. The summed E-state index contributed by atoms with van der Waals surface area (Å²) >= 11 is 0. The Balaban J connectivity index is 1.77. The second-order valence-corrected chi connectivity index (χ2v) is 10.2. The number of nitrogens with zero attached hydrogens (tertiary/aromatic N) is 2. The number of aliphatic imine (C=N–C) groups is 1. The van der Waals surface area contributed by atoms with Crippen LogP contribution in [0, 0.1) is 13.8 Å². The van der Waals surface area contributed by atoms with Gasteiger partial charge in [0.1, 0.15) is 24.4 Å². The highest BCUT2D eigenvalue weighted by Crippen LogP contribution is 2.27. The average Bonchev–Trinajstić information content (AvgIpc) is 2.89. The summed E-state index contributed by atoms with van der Waals surface area (Å²) < 4.78 is 0. The molecule has 4 amide bonds. The highest BCUT2D eigenvalue weighted by molar-refractivity contribution is 6.05. The van der Waals surface area contributed by atoms with Gasteiger partial charge in [0.2, 0.25) is 23.6 Å². The summed E-state index contributed by atoms with van der Waals surface area (Å²) in [6, 6.07) is 7.22. The molecule has 0 fully saturated rings. The Hall–Kier alpha value is -4.65. The van der Waals surface area contributed by atoms with E-state index in [1.807, 2.05) is 13.8 Å². The molecule has 0 spiro atoms. The SMILES string of the molecule is Cc1cc(O)cc(C)c1C[C@H](N)C(=O)N[C@H](CCCN=C(N)N)C(=O)N[C@H]1Cc2ccccc2N(CC(N)=O)C1=O. The van der Waals surface area contributed by atoms with Gasteiger partial charge in [-0.05, 0) is 73.6 Å². The number of anilines is 1. The summed E-state index contributed by atoms with van der Waals surface area (Å²) in [7, 11) is 0. The summed E-state index contributed by atoms with van der Waals surface area (Å²) in [6.07, 6.45) is 0.910. The van der Waals surface area contributed by atoms with Crippen molar-refractivity contribution in [3.8, 4) is 5.75 Å². The third-order valence-corrected chi connectivity index (χ3v) is 6.92. The molecule has 0 saturated heterocycles. The molecule has 220 valence electrons. The number of primary amides is 1. The van der Waals surface area contributed by atoms with Crippen molar-refractivity contribution in [2.24, 2.45) is 27.9 Å². The van der Waals surface area contributed by atoms with Gasteiger partial charge in [-0.25, -0.2) is 0 Å². The fourth-order valence-corrected chi connectivity index (χ4v) is 4.92. The van der Waals surface area contributed by atoms with Gasteiger partial charge >= 0.3 is 0 Å². The minimum Gasteiger partial charge on any atom is -0.508 e.